The first-order chi connectivity index (χ1) is 12.5. The fourth-order valence-corrected chi connectivity index (χ4v) is 6.53. The summed E-state index contributed by atoms with van der Waals surface area (Å²) < 4.78 is 1.04. The monoisotopic (exact) mass is 433 g/mol. The molecule has 0 saturated carbocycles. The number of thiophene rings is 1. The van der Waals surface area contributed by atoms with Gasteiger partial charge >= 0.3 is 0 Å². The fourth-order valence-electron chi connectivity index (χ4n) is 4.97. The molecule has 0 radical (unpaired) electrons. The molecule has 7 heteroatoms. The number of hydrogen-bond acceptors (Lipinski definition) is 4. The van der Waals surface area contributed by atoms with Crippen LogP contribution in [0.15, 0.2) is 39.8 Å². The smallest absolute Gasteiger partial charge is 0.270 e. The minimum atomic E-state index is -0.125. The molecule has 1 aromatic rings. The Kier molecular flexibility index (Phi) is 3.88. The van der Waals surface area contributed by atoms with Gasteiger partial charge in [0.2, 0.25) is 5.91 Å². The summed E-state index contributed by atoms with van der Waals surface area (Å²) in [5.41, 5.74) is 0.566. The Balaban J connectivity index is 1.65. The van der Waals surface area contributed by atoms with E-state index in [0.717, 1.165) is 21.5 Å². The van der Waals surface area contributed by atoms with Crippen LogP contribution >= 0.6 is 27.3 Å². The van der Waals surface area contributed by atoms with Crippen molar-refractivity contribution in [1.82, 2.24) is 15.1 Å². The summed E-state index contributed by atoms with van der Waals surface area (Å²) in [5.74, 6) is 0.711. The minimum Gasteiger partial charge on any atom is -0.331 e. The van der Waals surface area contributed by atoms with Crippen LogP contribution in [-0.2, 0) is 9.59 Å². The van der Waals surface area contributed by atoms with Crippen LogP contribution in [-0.4, -0.2) is 47.3 Å². The number of carbonyl (C=O) groups excluding carboxylic acids is 2. The van der Waals surface area contributed by atoms with Gasteiger partial charge in [-0.15, -0.1) is 11.3 Å². The van der Waals surface area contributed by atoms with Crippen LogP contribution in [0.5, 0.6) is 0 Å². The summed E-state index contributed by atoms with van der Waals surface area (Å²) in [6, 6.07) is 4.44. The molecule has 0 bridgehead atoms. The SMILES string of the molecule is CN1CC(=O)N2C(=CC3C4CCC=CC4NC3C2c2ccc(Br)s2)C1=O. The molecule has 2 saturated heterocycles. The number of halogens is 1. The van der Waals surface area contributed by atoms with Gasteiger partial charge in [0.15, 0.2) is 0 Å². The van der Waals surface area contributed by atoms with Crippen LogP contribution in [0.1, 0.15) is 23.8 Å². The molecule has 136 valence electrons. The zero-order chi connectivity index (χ0) is 18.0. The van der Waals surface area contributed by atoms with Crippen molar-refractivity contribution in [1.29, 1.82) is 0 Å². The van der Waals surface area contributed by atoms with Gasteiger partial charge in [-0.05, 0) is 52.9 Å². The Bertz CT molecular complexity index is 848. The molecule has 2 amide bonds. The molecule has 0 aromatic carbocycles. The zero-order valence-electron chi connectivity index (χ0n) is 14.4. The predicted molar refractivity (Wildman–Crippen MR) is 103 cm³/mol. The Labute approximate surface area is 164 Å². The van der Waals surface area contributed by atoms with Crippen LogP contribution in [0.4, 0.5) is 0 Å². The highest BCUT2D eigenvalue weighted by molar-refractivity contribution is 9.11. The van der Waals surface area contributed by atoms with E-state index in [1.165, 1.54) is 4.90 Å². The number of nitrogens with one attached hydrogen (secondary N) is 1. The Morgan fingerprint density at radius 3 is 2.92 bits per heavy atom. The molecule has 4 heterocycles. The highest BCUT2D eigenvalue weighted by atomic mass is 79.9. The molecule has 26 heavy (non-hydrogen) atoms. The van der Waals surface area contributed by atoms with Crippen molar-refractivity contribution in [3.05, 3.63) is 44.7 Å². The lowest BCUT2D eigenvalue weighted by molar-refractivity contribution is -0.147. The number of carbonyl (C=O) groups is 2. The minimum absolute atomic E-state index is 0.00136. The first-order valence-corrected chi connectivity index (χ1v) is 10.6. The third kappa shape index (κ3) is 2.37. The Morgan fingerprint density at radius 1 is 1.31 bits per heavy atom. The third-order valence-electron chi connectivity index (χ3n) is 6.09. The van der Waals surface area contributed by atoms with Crippen molar-refractivity contribution in [2.45, 2.75) is 31.0 Å². The lowest BCUT2D eigenvalue weighted by atomic mass is 9.76. The fraction of sp³-hybridized carbons (Fsp3) is 0.474. The molecule has 1 N–H and O–H groups in total. The first-order valence-electron chi connectivity index (χ1n) is 9.02. The predicted octanol–water partition coefficient (Wildman–Crippen LogP) is 2.67. The summed E-state index contributed by atoms with van der Waals surface area (Å²) in [6.07, 6.45) is 8.80. The largest absolute Gasteiger partial charge is 0.331 e. The van der Waals surface area contributed by atoms with Crippen LogP contribution in [0.2, 0.25) is 0 Å². The van der Waals surface area contributed by atoms with Crippen LogP contribution in [0.3, 0.4) is 0 Å². The number of fused-ring (bicyclic) bond motifs is 4. The van der Waals surface area contributed by atoms with E-state index in [-0.39, 0.29) is 36.4 Å². The standard InChI is InChI=1S/C19H20BrN3O2S/c1-22-9-16(24)23-13(19(22)25)8-11-10-4-2-3-5-12(10)21-17(11)18(23)14-6-7-15(20)26-14/h3,5-8,10-12,17-18,21H,2,4,9H2,1H3. The normalized spacial score (nSPS) is 35.9. The van der Waals surface area contributed by atoms with Gasteiger partial charge in [0.25, 0.3) is 5.91 Å². The molecule has 5 atom stereocenters. The molecule has 1 aromatic heterocycles. The van der Waals surface area contributed by atoms with Crippen molar-refractivity contribution >= 4 is 39.1 Å². The van der Waals surface area contributed by atoms with Gasteiger partial charge in [-0.2, -0.15) is 0 Å². The lowest BCUT2D eigenvalue weighted by Crippen LogP contribution is -2.57. The molecule has 3 aliphatic heterocycles. The summed E-state index contributed by atoms with van der Waals surface area (Å²) in [6.45, 7) is 0.142. The van der Waals surface area contributed by atoms with E-state index >= 15 is 0 Å². The highest BCUT2D eigenvalue weighted by Gasteiger charge is 2.53. The topological polar surface area (TPSA) is 52.7 Å². The number of amides is 2. The number of rotatable bonds is 1. The van der Waals surface area contributed by atoms with Gasteiger partial charge in [0.05, 0.1) is 9.83 Å². The second-order valence-electron chi connectivity index (χ2n) is 7.53. The van der Waals surface area contributed by atoms with Gasteiger partial charge in [0.1, 0.15) is 12.2 Å². The molecular formula is C19H20BrN3O2S. The number of hydrogen-bond donors (Lipinski definition) is 1. The van der Waals surface area contributed by atoms with E-state index in [0.29, 0.717) is 17.7 Å². The van der Waals surface area contributed by atoms with Crippen molar-refractivity contribution in [2.24, 2.45) is 11.8 Å². The van der Waals surface area contributed by atoms with Gasteiger partial charge in [-0.3, -0.25) is 14.5 Å². The van der Waals surface area contributed by atoms with E-state index in [1.54, 1.807) is 23.3 Å². The van der Waals surface area contributed by atoms with Crippen LogP contribution in [0, 0.1) is 11.8 Å². The van der Waals surface area contributed by atoms with Crippen molar-refractivity contribution in [3.8, 4) is 0 Å². The number of likely N-dealkylation sites (N-methyl/N-ethyl adjacent to an activating group) is 1. The van der Waals surface area contributed by atoms with E-state index < -0.39 is 0 Å². The Hall–Kier alpha value is -1.44. The van der Waals surface area contributed by atoms with E-state index in [2.05, 4.69) is 45.5 Å². The summed E-state index contributed by atoms with van der Waals surface area (Å²) in [5, 5.41) is 3.77. The van der Waals surface area contributed by atoms with Crippen molar-refractivity contribution in [2.75, 3.05) is 13.6 Å². The molecule has 5 unspecified atom stereocenters. The third-order valence-corrected chi connectivity index (χ3v) is 7.78. The van der Waals surface area contributed by atoms with Crippen molar-refractivity contribution in [3.63, 3.8) is 0 Å². The number of piperazine rings is 1. The second kappa shape index (κ2) is 6.04. The van der Waals surface area contributed by atoms with Crippen LogP contribution < -0.4 is 5.32 Å². The van der Waals surface area contributed by atoms with Gasteiger partial charge < -0.3 is 10.2 Å². The number of nitrogens with zero attached hydrogens (tertiary/aromatic N) is 2. The van der Waals surface area contributed by atoms with Crippen molar-refractivity contribution < 1.29 is 9.59 Å². The molecule has 4 aliphatic rings. The maximum Gasteiger partial charge on any atom is 0.270 e. The summed E-state index contributed by atoms with van der Waals surface area (Å²) >= 11 is 5.20. The van der Waals surface area contributed by atoms with Crippen LogP contribution in [0.25, 0.3) is 0 Å². The highest BCUT2D eigenvalue weighted by Crippen LogP contribution is 2.49. The van der Waals surface area contributed by atoms with Gasteiger partial charge in [-0.25, -0.2) is 0 Å². The quantitative estimate of drug-likeness (QED) is 0.692. The molecule has 0 spiro atoms. The Morgan fingerprint density at radius 2 is 2.15 bits per heavy atom. The lowest BCUT2D eigenvalue weighted by Gasteiger charge is -2.46. The molecule has 5 nitrogen and oxygen atoms in total. The average Bonchev–Trinajstić information content (AvgIpc) is 3.21. The number of allylic oxidation sites excluding steroid dienone is 1. The molecule has 1 aliphatic carbocycles. The van der Waals surface area contributed by atoms with Gasteiger partial charge in [-0.1, -0.05) is 12.2 Å². The second-order valence-corrected chi connectivity index (χ2v) is 10.0. The average molecular weight is 434 g/mol. The zero-order valence-corrected chi connectivity index (χ0v) is 16.8. The summed E-state index contributed by atoms with van der Waals surface area (Å²) in [4.78, 5) is 30.2. The first kappa shape index (κ1) is 16.7. The molecule has 2 fully saturated rings. The van der Waals surface area contributed by atoms with Gasteiger partial charge in [0, 0.05) is 29.9 Å². The molecular weight excluding hydrogens is 414 g/mol. The summed E-state index contributed by atoms with van der Waals surface area (Å²) in [7, 11) is 1.71. The van der Waals surface area contributed by atoms with E-state index in [9.17, 15) is 9.59 Å². The maximum atomic E-state index is 12.9. The molecule has 5 rings (SSSR count). The maximum absolute atomic E-state index is 12.9. The van der Waals surface area contributed by atoms with E-state index in [1.807, 2.05) is 6.07 Å². The van der Waals surface area contributed by atoms with E-state index in [4.69, 9.17) is 0 Å².